The number of carboxylic acid groups (broad SMARTS) is 1. The second-order valence-corrected chi connectivity index (χ2v) is 4.93. The van der Waals surface area contributed by atoms with Gasteiger partial charge in [-0.05, 0) is 19.2 Å². The van der Waals surface area contributed by atoms with Crippen LogP contribution in [0.4, 0.5) is 11.4 Å². The van der Waals surface area contributed by atoms with Crippen LogP contribution in [0.5, 0.6) is 0 Å². The van der Waals surface area contributed by atoms with Gasteiger partial charge in [-0.1, -0.05) is 0 Å². The number of hydrogen-bond acceptors (Lipinski definition) is 6. The van der Waals surface area contributed by atoms with Crippen molar-refractivity contribution in [2.75, 3.05) is 38.6 Å². The summed E-state index contributed by atoms with van der Waals surface area (Å²) in [6.45, 7) is 2.83. The molecule has 1 fully saturated rings. The molecule has 1 atom stereocenters. The number of nitro groups is 1. The highest BCUT2D eigenvalue weighted by atomic mass is 16.6. The minimum Gasteiger partial charge on any atom is -0.477 e. The Balaban J connectivity index is 2.05. The molecule has 1 heterocycles. The Morgan fingerprint density at radius 3 is 3.00 bits per heavy atom. The molecule has 0 aliphatic carbocycles. The molecule has 8 nitrogen and oxygen atoms in total. The number of hydrogen-bond donors (Lipinski definition) is 2. The first-order valence-corrected chi connectivity index (χ1v) is 6.53. The van der Waals surface area contributed by atoms with Crippen LogP contribution in [0.1, 0.15) is 10.4 Å². The Labute approximate surface area is 121 Å². The fourth-order valence-electron chi connectivity index (χ4n) is 2.20. The summed E-state index contributed by atoms with van der Waals surface area (Å²) in [5, 5.41) is 22.9. The van der Waals surface area contributed by atoms with Gasteiger partial charge in [0, 0.05) is 31.4 Å². The van der Waals surface area contributed by atoms with Gasteiger partial charge < -0.3 is 20.1 Å². The third kappa shape index (κ3) is 3.89. The normalized spacial score (nSPS) is 19.2. The Bertz CT molecular complexity index is 549. The van der Waals surface area contributed by atoms with Crippen molar-refractivity contribution >= 4 is 17.3 Å². The zero-order valence-electron chi connectivity index (χ0n) is 11.6. The predicted octanol–water partition coefficient (Wildman–Crippen LogP) is 1.04. The molecule has 0 spiro atoms. The van der Waals surface area contributed by atoms with Crippen LogP contribution in [-0.2, 0) is 4.74 Å². The van der Waals surface area contributed by atoms with Crippen molar-refractivity contribution in [3.8, 4) is 0 Å². The van der Waals surface area contributed by atoms with Gasteiger partial charge in [0.25, 0.3) is 5.69 Å². The van der Waals surface area contributed by atoms with Gasteiger partial charge in [-0.3, -0.25) is 10.1 Å². The van der Waals surface area contributed by atoms with E-state index in [2.05, 4.69) is 10.2 Å². The summed E-state index contributed by atoms with van der Waals surface area (Å²) in [6, 6.07) is 3.98. The largest absolute Gasteiger partial charge is 0.477 e. The first-order valence-electron chi connectivity index (χ1n) is 6.53. The predicted molar refractivity (Wildman–Crippen MR) is 75.8 cm³/mol. The summed E-state index contributed by atoms with van der Waals surface area (Å²) in [6.07, 6.45) is 0.00181. The number of benzene rings is 1. The molecule has 2 rings (SSSR count). The lowest BCUT2D eigenvalue weighted by Crippen LogP contribution is -2.43. The van der Waals surface area contributed by atoms with Gasteiger partial charge >= 0.3 is 5.97 Å². The molecule has 0 radical (unpaired) electrons. The van der Waals surface area contributed by atoms with E-state index in [0.717, 1.165) is 13.1 Å². The number of aromatic carboxylic acids is 1. The van der Waals surface area contributed by atoms with Crippen LogP contribution >= 0.6 is 0 Å². The van der Waals surface area contributed by atoms with Crippen LogP contribution in [0, 0.1) is 10.1 Å². The van der Waals surface area contributed by atoms with Crippen molar-refractivity contribution in [2.24, 2.45) is 0 Å². The highest BCUT2D eigenvalue weighted by molar-refractivity contribution is 5.93. The standard InChI is InChI=1S/C13H17N3O5/c1-15-4-5-21-10(8-15)7-14-9-2-3-11(13(17)18)12(6-9)16(19)20/h2-3,6,10,14H,4-5,7-8H2,1H3,(H,17,18). The molecule has 2 N–H and O–H groups in total. The lowest BCUT2D eigenvalue weighted by molar-refractivity contribution is -0.385. The van der Waals surface area contributed by atoms with Gasteiger partial charge in [0.05, 0.1) is 17.6 Å². The molecule has 0 aromatic heterocycles. The fourth-order valence-corrected chi connectivity index (χ4v) is 2.20. The molecule has 1 aromatic rings. The van der Waals surface area contributed by atoms with E-state index in [1.807, 2.05) is 7.05 Å². The number of likely N-dealkylation sites (N-methyl/N-ethyl adjacent to an activating group) is 1. The maximum absolute atomic E-state index is 10.9. The van der Waals surface area contributed by atoms with Gasteiger partial charge in [-0.25, -0.2) is 4.79 Å². The highest BCUT2D eigenvalue weighted by Crippen LogP contribution is 2.23. The molecular formula is C13H17N3O5. The molecule has 1 unspecified atom stereocenters. The molecule has 1 aliphatic heterocycles. The zero-order valence-corrected chi connectivity index (χ0v) is 11.6. The van der Waals surface area contributed by atoms with Gasteiger partial charge in [0.2, 0.25) is 0 Å². The topological polar surface area (TPSA) is 105 Å². The van der Waals surface area contributed by atoms with Crippen LogP contribution in [-0.4, -0.2) is 60.3 Å². The number of nitrogens with zero attached hydrogens (tertiary/aromatic N) is 2. The van der Waals surface area contributed by atoms with E-state index in [0.29, 0.717) is 18.8 Å². The quantitative estimate of drug-likeness (QED) is 0.617. The smallest absolute Gasteiger partial charge is 0.342 e. The molecule has 114 valence electrons. The van der Waals surface area contributed by atoms with E-state index >= 15 is 0 Å². The molecule has 8 heteroatoms. The second-order valence-electron chi connectivity index (χ2n) is 4.93. The van der Waals surface area contributed by atoms with E-state index in [9.17, 15) is 14.9 Å². The van der Waals surface area contributed by atoms with E-state index in [-0.39, 0.29) is 11.7 Å². The van der Waals surface area contributed by atoms with E-state index in [1.54, 1.807) is 0 Å². The number of nitro benzene ring substituents is 1. The first-order chi connectivity index (χ1) is 9.97. The molecule has 1 aliphatic rings. The van der Waals surface area contributed by atoms with Crippen molar-refractivity contribution in [1.82, 2.24) is 4.90 Å². The van der Waals surface area contributed by atoms with Gasteiger partial charge in [0.15, 0.2) is 0 Å². The van der Waals surface area contributed by atoms with Gasteiger partial charge in [-0.2, -0.15) is 0 Å². The van der Waals surface area contributed by atoms with E-state index in [4.69, 9.17) is 9.84 Å². The Morgan fingerprint density at radius 2 is 2.38 bits per heavy atom. The number of carbonyl (C=O) groups is 1. The van der Waals surface area contributed by atoms with E-state index < -0.39 is 16.6 Å². The zero-order chi connectivity index (χ0) is 15.4. The summed E-state index contributed by atoms with van der Waals surface area (Å²) >= 11 is 0. The summed E-state index contributed by atoms with van der Waals surface area (Å²) in [4.78, 5) is 23.3. The van der Waals surface area contributed by atoms with Crippen LogP contribution in [0.3, 0.4) is 0 Å². The number of anilines is 1. The Kier molecular flexibility index (Phi) is 4.71. The number of morpholine rings is 1. The Hall–Kier alpha value is -2.19. The van der Waals surface area contributed by atoms with E-state index in [1.165, 1.54) is 18.2 Å². The average Bonchev–Trinajstić information content (AvgIpc) is 2.44. The van der Waals surface area contributed by atoms with Gasteiger partial charge in [-0.15, -0.1) is 0 Å². The summed E-state index contributed by atoms with van der Waals surface area (Å²) < 4.78 is 5.58. The maximum Gasteiger partial charge on any atom is 0.342 e. The minimum absolute atomic E-state index is 0.00181. The molecule has 0 amide bonds. The van der Waals surface area contributed by atoms with Crippen molar-refractivity contribution in [1.29, 1.82) is 0 Å². The first kappa shape index (κ1) is 15.2. The van der Waals surface area contributed by atoms with Crippen molar-refractivity contribution in [2.45, 2.75) is 6.10 Å². The van der Waals surface area contributed by atoms with Crippen LogP contribution in [0.25, 0.3) is 0 Å². The Morgan fingerprint density at radius 1 is 1.62 bits per heavy atom. The number of rotatable bonds is 5. The fraction of sp³-hybridized carbons (Fsp3) is 0.462. The van der Waals surface area contributed by atoms with Crippen molar-refractivity contribution in [3.05, 3.63) is 33.9 Å². The van der Waals surface area contributed by atoms with Crippen molar-refractivity contribution < 1.29 is 19.6 Å². The molecule has 0 bridgehead atoms. The molecule has 1 saturated heterocycles. The van der Waals surface area contributed by atoms with Crippen molar-refractivity contribution in [3.63, 3.8) is 0 Å². The maximum atomic E-state index is 10.9. The highest BCUT2D eigenvalue weighted by Gasteiger charge is 2.21. The summed E-state index contributed by atoms with van der Waals surface area (Å²) in [7, 11) is 2.00. The third-order valence-corrected chi connectivity index (χ3v) is 3.30. The number of carboxylic acids is 1. The average molecular weight is 295 g/mol. The SMILES string of the molecule is CN1CCOC(CNc2ccc(C(=O)O)c([N+](=O)[O-])c2)C1. The summed E-state index contributed by atoms with van der Waals surface area (Å²) in [5.41, 5.74) is -0.239. The number of ether oxygens (including phenoxy) is 1. The molecule has 0 saturated carbocycles. The summed E-state index contributed by atoms with van der Waals surface area (Å²) in [5.74, 6) is -1.31. The lowest BCUT2D eigenvalue weighted by Gasteiger charge is -2.30. The van der Waals surface area contributed by atoms with Gasteiger partial charge in [0.1, 0.15) is 5.56 Å². The van der Waals surface area contributed by atoms with Crippen LogP contribution in [0.2, 0.25) is 0 Å². The number of nitrogens with one attached hydrogen (secondary N) is 1. The third-order valence-electron chi connectivity index (χ3n) is 3.30. The van der Waals surface area contributed by atoms with Crippen LogP contribution in [0.15, 0.2) is 18.2 Å². The minimum atomic E-state index is -1.31. The second kappa shape index (κ2) is 6.51. The lowest BCUT2D eigenvalue weighted by atomic mass is 10.1. The monoisotopic (exact) mass is 295 g/mol. The molecule has 21 heavy (non-hydrogen) atoms. The van der Waals surface area contributed by atoms with Crippen LogP contribution < -0.4 is 5.32 Å². The molecular weight excluding hydrogens is 278 g/mol. The molecule has 1 aromatic carbocycles.